The molecule has 0 spiro atoms. The Labute approximate surface area is 187 Å². The Morgan fingerprint density at radius 3 is 1.52 bits per heavy atom. The maximum Gasteiger partial charge on any atom is 0.303 e. The second-order valence-electron chi connectivity index (χ2n) is 8.61. The predicted octanol–water partition coefficient (Wildman–Crippen LogP) is 7.32. The second kappa shape index (κ2) is 17.7. The van der Waals surface area contributed by atoms with Crippen LogP contribution in [0.1, 0.15) is 114 Å². The van der Waals surface area contributed by atoms with Crippen LogP contribution in [-0.4, -0.2) is 22.2 Å². The molecular formula is C26H41FO4. The monoisotopic (exact) mass is 436 g/mol. The van der Waals surface area contributed by atoms with Crippen LogP contribution >= 0.6 is 0 Å². The van der Waals surface area contributed by atoms with Crippen molar-refractivity contribution in [1.29, 1.82) is 0 Å². The molecule has 2 N–H and O–H groups in total. The van der Waals surface area contributed by atoms with E-state index >= 15 is 0 Å². The minimum Gasteiger partial charge on any atom is -0.481 e. The molecule has 0 saturated carbocycles. The van der Waals surface area contributed by atoms with Gasteiger partial charge in [0.15, 0.2) is 0 Å². The molecule has 0 aliphatic heterocycles. The Hall–Kier alpha value is -1.91. The van der Waals surface area contributed by atoms with Gasteiger partial charge < -0.3 is 10.2 Å². The Kier molecular flexibility index (Phi) is 15.5. The molecule has 0 radical (unpaired) electrons. The van der Waals surface area contributed by atoms with E-state index in [9.17, 15) is 14.0 Å². The molecule has 0 aliphatic rings. The molecule has 1 aromatic carbocycles. The number of hydrogen-bond acceptors (Lipinski definition) is 2. The third kappa shape index (κ3) is 14.7. The number of carbonyl (C=O) groups is 2. The van der Waals surface area contributed by atoms with Gasteiger partial charge in [0.25, 0.3) is 0 Å². The first-order chi connectivity index (χ1) is 15.0. The van der Waals surface area contributed by atoms with E-state index in [1.165, 1.54) is 0 Å². The van der Waals surface area contributed by atoms with Crippen molar-refractivity contribution in [2.45, 2.75) is 116 Å². The summed E-state index contributed by atoms with van der Waals surface area (Å²) < 4.78 is 14.3. The van der Waals surface area contributed by atoms with Crippen molar-refractivity contribution in [3.63, 3.8) is 0 Å². The lowest BCUT2D eigenvalue weighted by atomic mass is 9.95. The van der Waals surface area contributed by atoms with Crippen molar-refractivity contribution in [2.24, 2.45) is 0 Å². The Bertz CT molecular complexity index is 630. The number of carboxylic acids is 2. The van der Waals surface area contributed by atoms with Gasteiger partial charge >= 0.3 is 11.9 Å². The summed E-state index contributed by atoms with van der Waals surface area (Å²) in [6, 6.07) is 5.44. The van der Waals surface area contributed by atoms with E-state index < -0.39 is 11.9 Å². The molecule has 4 nitrogen and oxygen atoms in total. The lowest BCUT2D eigenvalue weighted by molar-refractivity contribution is -0.138. The molecule has 1 aromatic rings. The van der Waals surface area contributed by atoms with Gasteiger partial charge in [-0.2, -0.15) is 0 Å². The smallest absolute Gasteiger partial charge is 0.303 e. The molecule has 31 heavy (non-hydrogen) atoms. The van der Waals surface area contributed by atoms with Crippen LogP contribution in [0.25, 0.3) is 0 Å². The number of halogens is 1. The maximum atomic E-state index is 14.3. The summed E-state index contributed by atoms with van der Waals surface area (Å²) in [7, 11) is 0. The maximum absolute atomic E-state index is 14.3. The lowest BCUT2D eigenvalue weighted by Gasteiger charge is -2.11. The van der Waals surface area contributed by atoms with Gasteiger partial charge in [-0.15, -0.1) is 0 Å². The molecule has 0 heterocycles. The van der Waals surface area contributed by atoms with E-state index in [-0.39, 0.29) is 18.7 Å². The van der Waals surface area contributed by atoms with Crippen LogP contribution in [0.2, 0.25) is 0 Å². The largest absolute Gasteiger partial charge is 0.481 e. The summed E-state index contributed by atoms with van der Waals surface area (Å²) >= 11 is 0. The van der Waals surface area contributed by atoms with Crippen molar-refractivity contribution >= 4 is 11.9 Å². The van der Waals surface area contributed by atoms with E-state index in [1.54, 1.807) is 6.07 Å². The molecule has 1 rings (SSSR count). The fourth-order valence-electron chi connectivity index (χ4n) is 4.05. The first-order valence-corrected chi connectivity index (χ1v) is 12.2. The standard InChI is InChI=1S/C26H41FO4/c27-24-19-15-17-22(16-11-7-3-1-5-9-13-20-25(28)29)23(24)18-12-8-4-2-6-10-14-21-26(30)31/h15,17,19H,1-14,16,18,20-21H2,(H,28,29)(H,30,31). The number of hydrogen-bond donors (Lipinski definition) is 2. The van der Waals surface area contributed by atoms with Crippen molar-refractivity contribution in [3.8, 4) is 0 Å². The molecule has 0 fully saturated rings. The molecule has 0 saturated heterocycles. The average Bonchev–Trinajstić information content (AvgIpc) is 2.72. The van der Waals surface area contributed by atoms with Crippen LogP contribution in [0.15, 0.2) is 18.2 Å². The number of unbranched alkanes of at least 4 members (excludes halogenated alkanes) is 12. The number of aliphatic carboxylic acids is 2. The fourth-order valence-corrected chi connectivity index (χ4v) is 4.05. The van der Waals surface area contributed by atoms with Gasteiger partial charge in [-0.05, 0) is 55.7 Å². The van der Waals surface area contributed by atoms with Crippen molar-refractivity contribution in [1.82, 2.24) is 0 Å². The molecule has 176 valence electrons. The van der Waals surface area contributed by atoms with Gasteiger partial charge in [0.2, 0.25) is 0 Å². The highest BCUT2D eigenvalue weighted by Crippen LogP contribution is 2.20. The molecule has 0 amide bonds. The normalized spacial score (nSPS) is 11.0. The van der Waals surface area contributed by atoms with E-state index in [0.717, 1.165) is 114 Å². The SMILES string of the molecule is O=C(O)CCCCCCCCCc1cccc(F)c1CCCCCCCCCC(=O)O. The molecule has 0 bridgehead atoms. The Balaban J connectivity index is 2.15. The molecule has 0 aromatic heterocycles. The van der Waals surface area contributed by atoms with Gasteiger partial charge in [0.05, 0.1) is 0 Å². The Morgan fingerprint density at radius 2 is 1.03 bits per heavy atom. The van der Waals surface area contributed by atoms with Crippen LogP contribution in [0.3, 0.4) is 0 Å². The molecule has 0 aliphatic carbocycles. The van der Waals surface area contributed by atoms with Crippen molar-refractivity contribution in [2.75, 3.05) is 0 Å². The van der Waals surface area contributed by atoms with E-state index in [2.05, 4.69) is 6.07 Å². The highest BCUT2D eigenvalue weighted by molar-refractivity contribution is 5.66. The lowest BCUT2D eigenvalue weighted by Crippen LogP contribution is -1.99. The summed E-state index contributed by atoms with van der Waals surface area (Å²) in [6.45, 7) is 0. The zero-order valence-electron chi connectivity index (χ0n) is 19.0. The number of benzene rings is 1. The van der Waals surface area contributed by atoms with E-state index in [4.69, 9.17) is 10.2 Å². The quantitative estimate of drug-likeness (QED) is 0.210. The van der Waals surface area contributed by atoms with Gasteiger partial charge in [-0.25, -0.2) is 4.39 Å². The summed E-state index contributed by atoms with van der Waals surface area (Å²) in [6.07, 6.45) is 16.8. The van der Waals surface area contributed by atoms with E-state index in [0.29, 0.717) is 0 Å². The first-order valence-electron chi connectivity index (χ1n) is 12.2. The summed E-state index contributed by atoms with van der Waals surface area (Å²) in [5.74, 6) is -1.50. The van der Waals surface area contributed by atoms with E-state index in [1.807, 2.05) is 6.07 Å². The predicted molar refractivity (Wildman–Crippen MR) is 123 cm³/mol. The van der Waals surface area contributed by atoms with Gasteiger partial charge in [-0.1, -0.05) is 76.3 Å². The van der Waals surface area contributed by atoms with Gasteiger partial charge in [0, 0.05) is 12.8 Å². The van der Waals surface area contributed by atoms with Crippen molar-refractivity contribution < 1.29 is 24.2 Å². The second-order valence-corrected chi connectivity index (χ2v) is 8.61. The molecule has 0 atom stereocenters. The zero-order chi connectivity index (χ0) is 22.7. The van der Waals surface area contributed by atoms with Crippen LogP contribution in [-0.2, 0) is 22.4 Å². The summed E-state index contributed by atoms with van der Waals surface area (Å²) in [4.78, 5) is 21.0. The number of carboxylic acid groups (broad SMARTS) is 2. The van der Waals surface area contributed by atoms with Crippen molar-refractivity contribution in [3.05, 3.63) is 35.1 Å². The third-order valence-electron chi connectivity index (χ3n) is 5.87. The van der Waals surface area contributed by atoms with Crippen LogP contribution in [0.4, 0.5) is 4.39 Å². The minimum absolute atomic E-state index is 0.0791. The molecule has 5 heteroatoms. The van der Waals surface area contributed by atoms with Crippen LogP contribution < -0.4 is 0 Å². The molecular weight excluding hydrogens is 395 g/mol. The Morgan fingerprint density at radius 1 is 0.613 bits per heavy atom. The zero-order valence-corrected chi connectivity index (χ0v) is 19.0. The average molecular weight is 437 g/mol. The number of aryl methyl sites for hydroxylation is 1. The summed E-state index contributed by atoms with van der Waals surface area (Å²) in [5, 5.41) is 17.3. The van der Waals surface area contributed by atoms with Crippen LogP contribution in [0.5, 0.6) is 0 Å². The topological polar surface area (TPSA) is 74.6 Å². The highest BCUT2D eigenvalue weighted by Gasteiger charge is 2.08. The van der Waals surface area contributed by atoms with Gasteiger partial charge in [-0.3, -0.25) is 9.59 Å². The molecule has 0 unspecified atom stereocenters. The summed E-state index contributed by atoms with van der Waals surface area (Å²) in [5.41, 5.74) is 2.03. The highest BCUT2D eigenvalue weighted by atomic mass is 19.1. The minimum atomic E-state index is -0.714. The van der Waals surface area contributed by atoms with Gasteiger partial charge in [0.1, 0.15) is 5.82 Å². The third-order valence-corrected chi connectivity index (χ3v) is 5.87. The first kappa shape index (κ1) is 27.1. The fraction of sp³-hybridized carbons (Fsp3) is 0.692. The number of rotatable bonds is 20. The van der Waals surface area contributed by atoms with Crippen LogP contribution in [0, 0.1) is 5.82 Å².